The number of hydrogen-bond acceptors (Lipinski definition) is 6. The fourth-order valence-corrected chi connectivity index (χ4v) is 3.62. The largest absolute Gasteiger partial charge is 0.485 e. The quantitative estimate of drug-likeness (QED) is 0.466. The number of aliphatic hydroxyl groups is 1. The number of aromatic nitrogens is 6. The summed E-state index contributed by atoms with van der Waals surface area (Å²) in [5.41, 5.74) is 1.83. The molecule has 0 fully saturated rings. The lowest BCUT2D eigenvalue weighted by Gasteiger charge is -2.16. The Kier molecular flexibility index (Phi) is 5.85. The first kappa shape index (κ1) is 22.8. The normalized spacial score (nSPS) is 11.7. The Hall–Kier alpha value is -3.43. The number of aryl methyl sites for hydroxylation is 3. The second-order valence-corrected chi connectivity index (χ2v) is 8.79. The first-order valence-electron chi connectivity index (χ1n) is 10.3. The summed E-state index contributed by atoms with van der Waals surface area (Å²) in [7, 11) is 1.82. The van der Waals surface area contributed by atoms with Gasteiger partial charge in [-0.1, -0.05) is 11.6 Å². The molecule has 0 aromatic carbocycles. The van der Waals surface area contributed by atoms with Crippen molar-refractivity contribution in [3.8, 4) is 17.3 Å². The van der Waals surface area contributed by atoms with E-state index in [2.05, 4.69) is 15.2 Å². The van der Waals surface area contributed by atoms with Crippen LogP contribution in [0.1, 0.15) is 36.5 Å². The highest BCUT2D eigenvalue weighted by Gasteiger charge is 2.20. The lowest BCUT2D eigenvalue weighted by atomic mass is 10.1. The van der Waals surface area contributed by atoms with Crippen molar-refractivity contribution < 1.29 is 9.84 Å². The van der Waals surface area contributed by atoms with Crippen molar-refractivity contribution in [2.75, 3.05) is 0 Å². The number of pyridine rings is 2. The zero-order chi connectivity index (χ0) is 23.9. The standard InChI is InChI=1S/C23H25ClN6O3/c1-14-12-25-20(29-9-7-19(27-29)23(3,4)32)11-17(14)30-15(2)10-18(21(24)22(30)31)33-13-16-6-8-28(5)26-16/h6-12,32H,13H2,1-5H3. The van der Waals surface area contributed by atoms with E-state index >= 15 is 0 Å². The smallest absolute Gasteiger partial charge is 0.277 e. The summed E-state index contributed by atoms with van der Waals surface area (Å²) >= 11 is 6.41. The van der Waals surface area contributed by atoms with Gasteiger partial charge >= 0.3 is 0 Å². The molecule has 4 aromatic heterocycles. The molecule has 172 valence electrons. The Balaban J connectivity index is 1.71. The van der Waals surface area contributed by atoms with Gasteiger partial charge in [0.1, 0.15) is 23.0 Å². The topological polar surface area (TPSA) is 100.0 Å². The number of ether oxygens (including phenoxy) is 1. The summed E-state index contributed by atoms with van der Waals surface area (Å²) in [6, 6.07) is 7.05. The molecule has 0 radical (unpaired) electrons. The van der Waals surface area contributed by atoms with Crippen LogP contribution in [0.25, 0.3) is 11.5 Å². The van der Waals surface area contributed by atoms with E-state index in [9.17, 15) is 9.90 Å². The van der Waals surface area contributed by atoms with Gasteiger partial charge in [0.2, 0.25) is 0 Å². The predicted molar refractivity (Wildman–Crippen MR) is 124 cm³/mol. The SMILES string of the molecule is Cc1cnc(-n2ccc(C(C)(C)O)n2)cc1-n1c(C)cc(OCc2ccn(C)n2)c(Cl)c1=O. The number of halogens is 1. The van der Waals surface area contributed by atoms with E-state index in [1.807, 2.05) is 33.2 Å². The van der Waals surface area contributed by atoms with Gasteiger partial charge in [-0.15, -0.1) is 0 Å². The van der Waals surface area contributed by atoms with Crippen LogP contribution < -0.4 is 10.3 Å². The van der Waals surface area contributed by atoms with Crippen LogP contribution >= 0.6 is 11.6 Å². The average Bonchev–Trinajstić information content (AvgIpc) is 3.40. The van der Waals surface area contributed by atoms with Crippen LogP contribution in [0.4, 0.5) is 0 Å². The van der Waals surface area contributed by atoms with E-state index in [0.717, 1.165) is 11.3 Å². The molecule has 4 rings (SSSR count). The summed E-state index contributed by atoms with van der Waals surface area (Å²) < 4.78 is 10.5. The monoisotopic (exact) mass is 468 g/mol. The number of nitrogens with zero attached hydrogens (tertiary/aromatic N) is 6. The van der Waals surface area contributed by atoms with Crippen LogP contribution in [-0.2, 0) is 19.3 Å². The minimum atomic E-state index is -1.08. The molecule has 0 amide bonds. The molecule has 0 saturated carbocycles. The third-order valence-corrected chi connectivity index (χ3v) is 5.54. The molecule has 0 atom stereocenters. The molecule has 0 aliphatic heterocycles. The number of hydrogen-bond donors (Lipinski definition) is 1. The fourth-order valence-electron chi connectivity index (χ4n) is 3.42. The Morgan fingerprint density at radius 3 is 2.55 bits per heavy atom. The van der Waals surface area contributed by atoms with Crippen molar-refractivity contribution in [2.24, 2.45) is 7.05 Å². The molecule has 1 N–H and O–H groups in total. The van der Waals surface area contributed by atoms with Crippen molar-refractivity contribution in [1.29, 1.82) is 0 Å². The summed E-state index contributed by atoms with van der Waals surface area (Å²) in [6.45, 7) is 7.20. The number of rotatable bonds is 6. The zero-order valence-corrected chi connectivity index (χ0v) is 19.8. The van der Waals surface area contributed by atoms with E-state index in [4.69, 9.17) is 16.3 Å². The molecule has 4 heterocycles. The average molecular weight is 469 g/mol. The van der Waals surface area contributed by atoms with Gasteiger partial charge in [0.05, 0.1) is 17.1 Å². The Labute approximate surface area is 195 Å². The molecule has 4 aromatic rings. The van der Waals surface area contributed by atoms with E-state index < -0.39 is 11.2 Å². The van der Waals surface area contributed by atoms with Crippen molar-refractivity contribution in [3.63, 3.8) is 0 Å². The minimum absolute atomic E-state index is 0.0160. The predicted octanol–water partition coefficient (Wildman–Crippen LogP) is 3.23. The van der Waals surface area contributed by atoms with Crippen molar-refractivity contribution >= 4 is 11.6 Å². The van der Waals surface area contributed by atoms with Crippen LogP contribution in [-0.4, -0.2) is 34.2 Å². The van der Waals surface area contributed by atoms with Gasteiger partial charge in [-0.3, -0.25) is 14.0 Å². The fraction of sp³-hybridized carbons (Fsp3) is 0.304. The van der Waals surface area contributed by atoms with Gasteiger partial charge in [0.25, 0.3) is 5.56 Å². The third kappa shape index (κ3) is 4.55. The molecular weight excluding hydrogens is 444 g/mol. The maximum absolute atomic E-state index is 13.2. The first-order valence-corrected chi connectivity index (χ1v) is 10.7. The van der Waals surface area contributed by atoms with E-state index in [1.54, 1.807) is 53.8 Å². The van der Waals surface area contributed by atoms with Gasteiger partial charge in [-0.2, -0.15) is 10.2 Å². The lowest BCUT2D eigenvalue weighted by Crippen LogP contribution is -2.23. The van der Waals surface area contributed by atoms with E-state index in [1.165, 1.54) is 4.57 Å². The molecule has 0 unspecified atom stereocenters. The Morgan fingerprint density at radius 2 is 1.91 bits per heavy atom. The Morgan fingerprint density at radius 1 is 1.15 bits per heavy atom. The van der Waals surface area contributed by atoms with Gasteiger partial charge in [-0.25, -0.2) is 9.67 Å². The van der Waals surface area contributed by atoms with Crippen LogP contribution in [0, 0.1) is 13.8 Å². The summed E-state index contributed by atoms with van der Waals surface area (Å²) in [4.78, 5) is 17.6. The molecule has 10 heteroatoms. The summed E-state index contributed by atoms with van der Waals surface area (Å²) in [5, 5.41) is 18.9. The van der Waals surface area contributed by atoms with E-state index in [-0.39, 0.29) is 11.6 Å². The zero-order valence-electron chi connectivity index (χ0n) is 19.1. The van der Waals surface area contributed by atoms with Crippen LogP contribution in [0.3, 0.4) is 0 Å². The summed E-state index contributed by atoms with van der Waals surface area (Å²) in [6.07, 6.45) is 5.20. The lowest BCUT2D eigenvalue weighted by molar-refractivity contribution is 0.0734. The Bertz CT molecular complexity index is 1380. The second kappa shape index (κ2) is 8.49. The maximum Gasteiger partial charge on any atom is 0.277 e. The molecule has 9 nitrogen and oxygen atoms in total. The molecule has 33 heavy (non-hydrogen) atoms. The highest BCUT2D eigenvalue weighted by molar-refractivity contribution is 6.31. The maximum atomic E-state index is 13.2. The molecule has 0 saturated heterocycles. The first-order chi connectivity index (χ1) is 15.5. The van der Waals surface area contributed by atoms with Gasteiger partial charge in [0.15, 0.2) is 5.82 Å². The molecule has 0 aliphatic rings. The van der Waals surface area contributed by atoms with Crippen molar-refractivity contribution in [1.82, 2.24) is 29.1 Å². The molecular formula is C23H25ClN6O3. The third-order valence-electron chi connectivity index (χ3n) is 5.20. The van der Waals surface area contributed by atoms with Gasteiger partial charge < -0.3 is 9.84 Å². The molecule has 0 aliphatic carbocycles. The molecule has 0 bridgehead atoms. The summed E-state index contributed by atoms with van der Waals surface area (Å²) in [5.74, 6) is 0.805. The van der Waals surface area contributed by atoms with Gasteiger partial charge in [-0.05, 0) is 45.4 Å². The highest BCUT2D eigenvalue weighted by Crippen LogP contribution is 2.26. The second-order valence-electron chi connectivity index (χ2n) is 8.41. The van der Waals surface area contributed by atoms with Crippen LogP contribution in [0.2, 0.25) is 5.02 Å². The minimum Gasteiger partial charge on any atom is -0.485 e. The van der Waals surface area contributed by atoms with Gasteiger partial charge in [0, 0.05) is 43.5 Å². The highest BCUT2D eigenvalue weighted by atomic mass is 35.5. The molecule has 0 spiro atoms. The van der Waals surface area contributed by atoms with Crippen LogP contribution in [0.5, 0.6) is 5.75 Å². The van der Waals surface area contributed by atoms with E-state index in [0.29, 0.717) is 28.6 Å². The van der Waals surface area contributed by atoms with Crippen molar-refractivity contribution in [2.45, 2.75) is 39.9 Å². The van der Waals surface area contributed by atoms with Crippen molar-refractivity contribution in [3.05, 3.63) is 80.9 Å². The van der Waals surface area contributed by atoms with Crippen LogP contribution in [0.15, 0.2) is 47.7 Å².